The van der Waals surface area contributed by atoms with E-state index in [0.717, 1.165) is 25.7 Å². The predicted octanol–water partition coefficient (Wildman–Crippen LogP) is 0.685. The van der Waals surface area contributed by atoms with Crippen molar-refractivity contribution >= 4 is 0 Å². The molecular formula is C40H70O14. The first kappa shape index (κ1) is 43.0. The van der Waals surface area contributed by atoms with Crippen molar-refractivity contribution in [3.05, 3.63) is 0 Å². The van der Waals surface area contributed by atoms with Gasteiger partial charge in [0.05, 0.1) is 49.8 Å². The van der Waals surface area contributed by atoms with Crippen LogP contribution in [0.2, 0.25) is 0 Å². The molecule has 0 amide bonds. The largest absolute Gasteiger partial charge is 0.393 e. The monoisotopic (exact) mass is 774 g/mol. The minimum atomic E-state index is -1.35. The normalized spacial score (nSPS) is 52.0. The smallest absolute Gasteiger partial charge is 0.187 e. The molecule has 2 saturated heterocycles. The van der Waals surface area contributed by atoms with Gasteiger partial charge in [0.1, 0.15) is 36.6 Å². The second-order valence-corrected chi connectivity index (χ2v) is 18.9. The second kappa shape index (κ2) is 16.6. The summed E-state index contributed by atoms with van der Waals surface area (Å²) in [5.41, 5.74) is -2.14. The molecule has 0 aromatic heterocycles. The molecule has 0 aromatic carbocycles. The fourth-order valence-corrected chi connectivity index (χ4v) is 12.7. The van der Waals surface area contributed by atoms with Crippen molar-refractivity contribution < 1.29 is 69.6 Å². The highest BCUT2D eigenvalue weighted by Gasteiger charge is 2.71. The molecule has 6 fully saturated rings. The molecule has 14 heteroatoms. The Kier molecular flexibility index (Phi) is 13.2. The molecule has 2 heterocycles. The number of ether oxygens (including phenoxy) is 5. The molecule has 1 unspecified atom stereocenters. The van der Waals surface area contributed by atoms with Crippen LogP contribution in [0.25, 0.3) is 0 Å². The third-order valence-electron chi connectivity index (χ3n) is 15.6. The first-order valence-electron chi connectivity index (χ1n) is 20.6. The van der Waals surface area contributed by atoms with E-state index in [-0.39, 0.29) is 48.7 Å². The third-order valence-corrected chi connectivity index (χ3v) is 15.6. The van der Waals surface area contributed by atoms with Gasteiger partial charge in [0.15, 0.2) is 12.6 Å². The van der Waals surface area contributed by atoms with E-state index in [1.165, 1.54) is 7.11 Å². The van der Waals surface area contributed by atoms with Gasteiger partial charge in [0.25, 0.3) is 0 Å². The zero-order valence-corrected chi connectivity index (χ0v) is 33.0. The maximum atomic E-state index is 12.6. The van der Waals surface area contributed by atoms with E-state index in [9.17, 15) is 46.0 Å². The van der Waals surface area contributed by atoms with Crippen LogP contribution >= 0.6 is 0 Å². The number of aliphatic hydroxyl groups is 9. The van der Waals surface area contributed by atoms with Gasteiger partial charge in [-0.2, -0.15) is 0 Å². The molecular weight excluding hydrogens is 704 g/mol. The molecule has 6 rings (SSSR count). The number of methoxy groups -OCH3 is 1. The molecule has 6 aliphatic rings. The number of fused-ring (bicyclic) bond motifs is 5. The topological polar surface area (TPSA) is 228 Å². The summed E-state index contributed by atoms with van der Waals surface area (Å²) in [4.78, 5) is 0. The van der Waals surface area contributed by atoms with E-state index in [1.807, 2.05) is 0 Å². The highest BCUT2D eigenvalue weighted by atomic mass is 16.8. The Morgan fingerprint density at radius 3 is 1.98 bits per heavy atom. The molecule has 4 aliphatic carbocycles. The van der Waals surface area contributed by atoms with Gasteiger partial charge in [0.2, 0.25) is 0 Å². The Labute approximate surface area is 320 Å². The van der Waals surface area contributed by atoms with Gasteiger partial charge in [-0.1, -0.05) is 41.0 Å². The number of aliphatic hydroxyl groups excluding tert-OH is 8. The summed E-state index contributed by atoms with van der Waals surface area (Å²) in [5.74, 6) is -0.0379. The van der Waals surface area contributed by atoms with Crippen LogP contribution in [0, 0.1) is 52.3 Å². The quantitative estimate of drug-likeness (QED) is 0.133. The molecule has 2 aliphatic heterocycles. The average Bonchev–Trinajstić information content (AvgIpc) is 3.39. The van der Waals surface area contributed by atoms with Gasteiger partial charge in [-0.3, -0.25) is 0 Å². The van der Waals surface area contributed by atoms with Gasteiger partial charge in [-0.15, -0.1) is 0 Å². The summed E-state index contributed by atoms with van der Waals surface area (Å²) < 4.78 is 28.8. The van der Waals surface area contributed by atoms with Crippen LogP contribution in [0.15, 0.2) is 0 Å². The Bertz CT molecular complexity index is 1240. The van der Waals surface area contributed by atoms with Gasteiger partial charge in [0, 0.05) is 25.4 Å². The summed E-state index contributed by atoms with van der Waals surface area (Å²) in [6.45, 7) is 10.9. The summed E-state index contributed by atoms with van der Waals surface area (Å²) in [6, 6.07) is 0. The third kappa shape index (κ3) is 7.58. The van der Waals surface area contributed by atoms with E-state index >= 15 is 0 Å². The minimum Gasteiger partial charge on any atom is -0.393 e. The average molecular weight is 775 g/mol. The lowest BCUT2D eigenvalue weighted by Crippen LogP contribution is -2.70. The van der Waals surface area contributed by atoms with E-state index in [0.29, 0.717) is 38.2 Å². The first-order chi connectivity index (χ1) is 25.4. The van der Waals surface area contributed by atoms with Gasteiger partial charge < -0.3 is 69.6 Å². The molecule has 14 nitrogen and oxygen atoms in total. The van der Waals surface area contributed by atoms with Crippen LogP contribution in [0.5, 0.6) is 0 Å². The summed E-state index contributed by atoms with van der Waals surface area (Å²) in [6.07, 6.45) is -7.08. The van der Waals surface area contributed by atoms with E-state index in [4.69, 9.17) is 23.7 Å². The van der Waals surface area contributed by atoms with Crippen molar-refractivity contribution in [2.24, 2.45) is 52.3 Å². The molecule has 54 heavy (non-hydrogen) atoms. The molecule has 314 valence electrons. The summed E-state index contributed by atoms with van der Waals surface area (Å²) in [5, 5.41) is 98.9. The lowest BCUT2D eigenvalue weighted by atomic mass is 9.41. The SMILES string of the molecule is CO[C@H]1[C@H](O[C@H]2[C@H](OCC[C@H](CC[C@@H](C)[C@H]3C[C@@H](O)[C@@H]4[C@]3(C)CC[C@H]3[C@@]4(O)C[C@H](O)C4[C@@H](O)[C@@H](O)CC[C@@]43C)C(C)C)OC[C@@H](O)[C@@H]2O)OC[C@@H](O)[C@@H]1O. The van der Waals surface area contributed by atoms with Crippen molar-refractivity contribution in [1.29, 1.82) is 0 Å². The Morgan fingerprint density at radius 2 is 1.33 bits per heavy atom. The molecule has 0 bridgehead atoms. The number of rotatable bonds is 12. The lowest BCUT2D eigenvalue weighted by Gasteiger charge is -2.66. The summed E-state index contributed by atoms with van der Waals surface area (Å²) in [7, 11) is 1.35. The van der Waals surface area contributed by atoms with Gasteiger partial charge >= 0.3 is 0 Å². The summed E-state index contributed by atoms with van der Waals surface area (Å²) >= 11 is 0. The van der Waals surface area contributed by atoms with E-state index in [2.05, 4.69) is 34.6 Å². The van der Waals surface area contributed by atoms with Crippen LogP contribution < -0.4 is 0 Å². The highest BCUT2D eigenvalue weighted by molar-refractivity contribution is 5.21. The predicted molar refractivity (Wildman–Crippen MR) is 193 cm³/mol. The molecule has 0 aromatic rings. The van der Waals surface area contributed by atoms with Crippen molar-refractivity contribution in [3.8, 4) is 0 Å². The van der Waals surface area contributed by atoms with Gasteiger partial charge in [-0.25, -0.2) is 0 Å². The fraction of sp³-hybridized carbons (Fsp3) is 1.00. The maximum absolute atomic E-state index is 12.6. The highest BCUT2D eigenvalue weighted by Crippen LogP contribution is 2.70. The number of hydrogen-bond acceptors (Lipinski definition) is 14. The Morgan fingerprint density at radius 1 is 0.704 bits per heavy atom. The standard InChI is InChI=1S/C40H70O14/c1-19(2)21(11-14-51-36-34(32(48)27(45)17-52-36)54-37-33(50-6)31(47)26(44)18-53-37)8-7-20(3)22-15-24(42)35-38(22,4)13-10-28-39(5)12-9-23(41)30(46)29(39)25(43)16-40(28,35)49/h19-37,41-49H,7-18H2,1-6H3/t20-,21+,22-,23+,24-,25+,26-,27-,28-,29?,30+,31+,32+,33-,34-,35-,36-,37+,38-,39-,40+/m1/s1. The zero-order valence-electron chi connectivity index (χ0n) is 33.0. The zero-order chi connectivity index (χ0) is 39.5. The van der Waals surface area contributed by atoms with Crippen molar-refractivity contribution in [3.63, 3.8) is 0 Å². The molecule has 0 radical (unpaired) electrons. The Hall–Kier alpha value is -0.560. The minimum absolute atomic E-state index is 0.0911. The van der Waals surface area contributed by atoms with Crippen LogP contribution in [0.3, 0.4) is 0 Å². The first-order valence-corrected chi connectivity index (χ1v) is 20.6. The van der Waals surface area contributed by atoms with E-state index in [1.54, 1.807) is 0 Å². The number of hydrogen-bond donors (Lipinski definition) is 9. The second-order valence-electron chi connectivity index (χ2n) is 18.9. The molecule has 9 N–H and O–H groups in total. The molecule has 21 atom stereocenters. The van der Waals surface area contributed by atoms with E-state index < -0.39 is 96.5 Å². The van der Waals surface area contributed by atoms with Crippen LogP contribution in [0.4, 0.5) is 0 Å². The molecule has 0 spiro atoms. The maximum Gasteiger partial charge on any atom is 0.187 e. The lowest BCUT2D eigenvalue weighted by molar-refractivity contribution is -0.345. The van der Waals surface area contributed by atoms with Crippen LogP contribution in [0.1, 0.15) is 92.4 Å². The molecule has 4 saturated carbocycles. The van der Waals surface area contributed by atoms with Crippen LogP contribution in [-0.4, -0.2) is 152 Å². The fourth-order valence-electron chi connectivity index (χ4n) is 12.7. The van der Waals surface area contributed by atoms with Gasteiger partial charge in [-0.05, 0) is 85.4 Å². The van der Waals surface area contributed by atoms with Crippen molar-refractivity contribution in [2.75, 3.05) is 26.9 Å². The van der Waals surface area contributed by atoms with Crippen molar-refractivity contribution in [2.45, 2.75) is 172 Å². The Balaban J connectivity index is 1.07. The van der Waals surface area contributed by atoms with Crippen molar-refractivity contribution in [1.82, 2.24) is 0 Å². The van der Waals surface area contributed by atoms with Crippen LogP contribution in [-0.2, 0) is 23.7 Å².